The van der Waals surface area contributed by atoms with Gasteiger partial charge in [-0.2, -0.15) is 0 Å². The fourth-order valence-corrected chi connectivity index (χ4v) is 2.51. The van der Waals surface area contributed by atoms with Crippen LogP contribution in [0.25, 0.3) is 22.5 Å². The maximum Gasteiger partial charge on any atom is 0.175 e. The highest BCUT2D eigenvalue weighted by Crippen LogP contribution is 2.29. The zero-order valence-electron chi connectivity index (χ0n) is 9.98. The van der Waals surface area contributed by atoms with Crippen LogP contribution in [0.5, 0.6) is 0 Å². The molecule has 0 amide bonds. The van der Waals surface area contributed by atoms with E-state index < -0.39 is 0 Å². The number of aromatic amines is 2. The molecule has 0 atom stereocenters. The molecule has 4 heteroatoms. The summed E-state index contributed by atoms with van der Waals surface area (Å²) in [6.07, 6.45) is 0. The van der Waals surface area contributed by atoms with Crippen LogP contribution in [0.1, 0.15) is 0 Å². The minimum Gasteiger partial charge on any atom is -0.330 e. The number of hydrogen-bond donors (Lipinski definition) is 2. The molecule has 3 rings (SSSR count). The van der Waals surface area contributed by atoms with E-state index in [2.05, 4.69) is 50.2 Å². The van der Waals surface area contributed by atoms with Crippen molar-refractivity contribution in [1.29, 1.82) is 0 Å². The van der Waals surface area contributed by atoms with E-state index in [0.717, 1.165) is 27.0 Å². The number of aromatic nitrogens is 2. The molecule has 2 aromatic carbocycles. The lowest BCUT2D eigenvalue weighted by atomic mass is 10.1. The van der Waals surface area contributed by atoms with Crippen molar-refractivity contribution < 1.29 is 0 Å². The van der Waals surface area contributed by atoms with Crippen molar-refractivity contribution in [3.8, 4) is 22.5 Å². The first-order valence-corrected chi connectivity index (χ1v) is 7.08. The van der Waals surface area contributed by atoms with Gasteiger partial charge in [-0.05, 0) is 24.4 Å². The lowest BCUT2D eigenvalue weighted by Gasteiger charge is -2.04. The Kier molecular flexibility index (Phi) is 3.36. The van der Waals surface area contributed by atoms with Crippen LogP contribution in [0, 0.1) is 4.77 Å². The van der Waals surface area contributed by atoms with Crippen LogP contribution in [0.4, 0.5) is 0 Å². The van der Waals surface area contributed by atoms with Crippen molar-refractivity contribution in [2.24, 2.45) is 0 Å². The average Bonchev–Trinajstić information content (AvgIpc) is 2.83. The van der Waals surface area contributed by atoms with Crippen molar-refractivity contribution in [3.05, 3.63) is 63.8 Å². The van der Waals surface area contributed by atoms with E-state index in [0.29, 0.717) is 4.77 Å². The summed E-state index contributed by atoms with van der Waals surface area (Å²) in [4.78, 5) is 6.44. The Balaban J connectivity index is 2.17. The molecule has 19 heavy (non-hydrogen) atoms. The molecule has 0 aliphatic rings. The molecule has 0 fully saturated rings. The number of benzene rings is 2. The summed E-state index contributed by atoms with van der Waals surface area (Å²) in [6, 6.07) is 18.3. The van der Waals surface area contributed by atoms with E-state index in [-0.39, 0.29) is 0 Å². The van der Waals surface area contributed by atoms with Gasteiger partial charge >= 0.3 is 0 Å². The number of nitrogens with one attached hydrogen (secondary N) is 2. The maximum atomic E-state index is 5.23. The van der Waals surface area contributed by atoms with Crippen molar-refractivity contribution in [3.63, 3.8) is 0 Å². The third-order valence-corrected chi connectivity index (χ3v) is 3.66. The number of halogens is 1. The van der Waals surface area contributed by atoms with E-state index >= 15 is 0 Å². The molecule has 0 unspecified atom stereocenters. The number of H-pyrrole nitrogens is 2. The topological polar surface area (TPSA) is 31.6 Å². The Labute approximate surface area is 124 Å². The Morgan fingerprint density at radius 1 is 0.737 bits per heavy atom. The molecule has 0 saturated carbocycles. The zero-order chi connectivity index (χ0) is 13.2. The zero-order valence-corrected chi connectivity index (χ0v) is 12.4. The first kappa shape index (κ1) is 12.4. The smallest absolute Gasteiger partial charge is 0.175 e. The van der Waals surface area contributed by atoms with Crippen LogP contribution < -0.4 is 0 Å². The molecule has 2 N–H and O–H groups in total. The Morgan fingerprint density at radius 3 is 1.84 bits per heavy atom. The van der Waals surface area contributed by atoms with Crippen molar-refractivity contribution >= 4 is 28.1 Å². The molecule has 0 spiro atoms. The van der Waals surface area contributed by atoms with Gasteiger partial charge in [0, 0.05) is 15.6 Å². The Morgan fingerprint density at radius 2 is 1.26 bits per heavy atom. The molecule has 94 valence electrons. The van der Waals surface area contributed by atoms with Gasteiger partial charge < -0.3 is 9.97 Å². The molecule has 0 aliphatic heterocycles. The van der Waals surface area contributed by atoms with Crippen molar-refractivity contribution in [2.75, 3.05) is 0 Å². The molecule has 0 bridgehead atoms. The minimum absolute atomic E-state index is 0.636. The summed E-state index contributed by atoms with van der Waals surface area (Å²) < 4.78 is 1.70. The predicted molar refractivity (Wildman–Crippen MR) is 84.5 cm³/mol. The Hall–Kier alpha value is -1.65. The molecule has 0 radical (unpaired) electrons. The van der Waals surface area contributed by atoms with Gasteiger partial charge in [0.1, 0.15) is 0 Å². The third kappa shape index (κ3) is 2.55. The first-order chi connectivity index (χ1) is 9.24. The SMILES string of the molecule is S=c1[nH]c(-c2ccccc2)c(-c2ccc(Br)cc2)[nH]1. The van der Waals surface area contributed by atoms with Crippen molar-refractivity contribution in [2.45, 2.75) is 0 Å². The highest BCUT2D eigenvalue weighted by atomic mass is 79.9. The average molecular weight is 331 g/mol. The molecule has 2 nitrogen and oxygen atoms in total. The second-order valence-corrected chi connectivity index (χ2v) is 5.53. The molecular weight excluding hydrogens is 320 g/mol. The van der Waals surface area contributed by atoms with E-state index in [1.165, 1.54) is 0 Å². The molecule has 1 heterocycles. The monoisotopic (exact) mass is 330 g/mol. The normalized spacial score (nSPS) is 10.6. The molecule has 0 aliphatic carbocycles. The van der Waals surface area contributed by atoms with Gasteiger partial charge in [-0.25, -0.2) is 0 Å². The van der Waals surface area contributed by atoms with Gasteiger partial charge in [0.2, 0.25) is 0 Å². The largest absolute Gasteiger partial charge is 0.330 e. The maximum absolute atomic E-state index is 5.23. The van der Waals surface area contributed by atoms with Gasteiger partial charge in [0.05, 0.1) is 11.4 Å². The molecule has 1 aromatic heterocycles. The van der Waals surface area contributed by atoms with Crippen molar-refractivity contribution in [1.82, 2.24) is 9.97 Å². The van der Waals surface area contributed by atoms with Crippen LogP contribution >= 0.6 is 28.1 Å². The fourth-order valence-electron chi connectivity index (χ4n) is 2.04. The summed E-state index contributed by atoms with van der Waals surface area (Å²) in [5.74, 6) is 0. The standard InChI is InChI=1S/C15H11BrN2S/c16-12-8-6-11(7-9-12)14-13(17-15(19)18-14)10-4-2-1-3-5-10/h1-9H,(H2,17,18,19). The van der Waals surface area contributed by atoms with Crippen LogP contribution in [-0.4, -0.2) is 9.97 Å². The second kappa shape index (κ2) is 5.15. The third-order valence-electron chi connectivity index (χ3n) is 2.92. The van der Waals surface area contributed by atoms with E-state index in [1.807, 2.05) is 30.3 Å². The van der Waals surface area contributed by atoms with Crippen LogP contribution in [0.3, 0.4) is 0 Å². The van der Waals surface area contributed by atoms with Gasteiger partial charge in [0.15, 0.2) is 4.77 Å². The van der Waals surface area contributed by atoms with E-state index in [9.17, 15) is 0 Å². The molecular formula is C15H11BrN2S. The lowest BCUT2D eigenvalue weighted by Crippen LogP contribution is -1.83. The van der Waals surface area contributed by atoms with Crippen LogP contribution in [0.2, 0.25) is 0 Å². The van der Waals surface area contributed by atoms with Gasteiger partial charge in [0.25, 0.3) is 0 Å². The number of rotatable bonds is 2. The number of imidazole rings is 1. The van der Waals surface area contributed by atoms with Crippen LogP contribution in [-0.2, 0) is 0 Å². The quantitative estimate of drug-likeness (QED) is 0.624. The summed E-state index contributed by atoms with van der Waals surface area (Å²) in [7, 11) is 0. The van der Waals surface area contributed by atoms with Gasteiger partial charge in [-0.1, -0.05) is 58.4 Å². The van der Waals surface area contributed by atoms with E-state index in [1.54, 1.807) is 0 Å². The molecule has 3 aromatic rings. The predicted octanol–water partition coefficient (Wildman–Crippen LogP) is 5.17. The summed E-state index contributed by atoms with van der Waals surface area (Å²) in [5, 5.41) is 0. The molecule has 0 saturated heterocycles. The fraction of sp³-hybridized carbons (Fsp3) is 0. The van der Waals surface area contributed by atoms with Crippen LogP contribution in [0.15, 0.2) is 59.1 Å². The Bertz CT molecular complexity index is 742. The lowest BCUT2D eigenvalue weighted by molar-refractivity contribution is 1.27. The summed E-state index contributed by atoms with van der Waals surface area (Å²) in [5.41, 5.74) is 4.26. The second-order valence-electron chi connectivity index (χ2n) is 4.20. The first-order valence-electron chi connectivity index (χ1n) is 5.88. The summed E-state index contributed by atoms with van der Waals surface area (Å²) in [6.45, 7) is 0. The number of hydrogen-bond acceptors (Lipinski definition) is 1. The van der Waals surface area contributed by atoms with Gasteiger partial charge in [-0.3, -0.25) is 0 Å². The van der Waals surface area contributed by atoms with Gasteiger partial charge in [-0.15, -0.1) is 0 Å². The minimum atomic E-state index is 0.636. The highest BCUT2D eigenvalue weighted by molar-refractivity contribution is 9.10. The highest BCUT2D eigenvalue weighted by Gasteiger charge is 2.09. The van der Waals surface area contributed by atoms with E-state index in [4.69, 9.17) is 12.2 Å². The summed E-state index contributed by atoms with van der Waals surface area (Å²) >= 11 is 8.67.